The minimum absolute atomic E-state index is 0.0319. The number of aryl methyl sites for hydroxylation is 1. The average molecular weight is 414 g/mol. The number of carbonyl (C=O) groups is 1. The molecule has 1 aliphatic heterocycles. The van der Waals surface area contributed by atoms with Crippen LogP contribution < -0.4 is 5.32 Å². The zero-order valence-corrected chi connectivity index (χ0v) is 17.2. The molecule has 7 heteroatoms. The average Bonchev–Trinajstić information content (AvgIpc) is 3.32. The maximum atomic E-state index is 12.2. The predicted octanol–water partition coefficient (Wildman–Crippen LogP) is 4.60. The van der Waals surface area contributed by atoms with Crippen molar-refractivity contribution in [2.45, 2.75) is 32.1 Å². The third-order valence-corrected chi connectivity index (χ3v) is 6.21. The number of anilines is 1. The molecule has 1 amide bonds. The van der Waals surface area contributed by atoms with Crippen molar-refractivity contribution in [3.8, 4) is 11.5 Å². The molecule has 1 aromatic carbocycles. The molecule has 156 valence electrons. The predicted molar refractivity (Wildman–Crippen MR) is 117 cm³/mol. The standard InChI is InChI=1S/C24H22N4O3/c1-13-18-10-26-22(28-23(29)14-2-3-14)9-17(18)19(11-25-13)24-27-20-8-15(4-5-21(20)31-24)16-6-7-30-12-16/h4-5,8-11,14,16H,2-3,6-7,12H2,1H3,(H,26,28,29). The fourth-order valence-corrected chi connectivity index (χ4v) is 4.19. The number of nitrogens with one attached hydrogen (secondary N) is 1. The van der Waals surface area contributed by atoms with Gasteiger partial charge in [0, 0.05) is 47.3 Å². The number of fused-ring (bicyclic) bond motifs is 2. The van der Waals surface area contributed by atoms with Gasteiger partial charge in [-0.15, -0.1) is 0 Å². The van der Waals surface area contributed by atoms with Crippen LogP contribution in [-0.4, -0.2) is 34.1 Å². The maximum Gasteiger partial charge on any atom is 0.229 e. The van der Waals surface area contributed by atoms with E-state index in [-0.39, 0.29) is 11.8 Å². The molecule has 3 aromatic heterocycles. The normalized spacial score (nSPS) is 18.7. The largest absolute Gasteiger partial charge is 0.436 e. The van der Waals surface area contributed by atoms with Crippen molar-refractivity contribution in [1.82, 2.24) is 15.0 Å². The van der Waals surface area contributed by atoms with Crippen LogP contribution in [0.5, 0.6) is 0 Å². The van der Waals surface area contributed by atoms with Gasteiger partial charge in [0.15, 0.2) is 5.58 Å². The van der Waals surface area contributed by atoms with E-state index < -0.39 is 0 Å². The van der Waals surface area contributed by atoms with Crippen molar-refractivity contribution in [2.24, 2.45) is 5.92 Å². The summed E-state index contributed by atoms with van der Waals surface area (Å²) < 4.78 is 11.6. The number of ether oxygens (including phenoxy) is 1. The molecule has 4 aromatic rings. The minimum Gasteiger partial charge on any atom is -0.436 e. The number of pyridine rings is 2. The highest BCUT2D eigenvalue weighted by molar-refractivity contribution is 6.00. The van der Waals surface area contributed by atoms with E-state index in [0.717, 1.165) is 65.6 Å². The van der Waals surface area contributed by atoms with E-state index in [2.05, 4.69) is 27.4 Å². The Labute approximate surface area is 178 Å². The van der Waals surface area contributed by atoms with E-state index in [9.17, 15) is 4.79 Å². The second-order valence-corrected chi connectivity index (χ2v) is 8.44. The van der Waals surface area contributed by atoms with Crippen LogP contribution in [0.15, 0.2) is 41.1 Å². The molecule has 4 heterocycles. The molecule has 1 N–H and O–H groups in total. The lowest BCUT2D eigenvalue weighted by Crippen LogP contribution is -2.14. The molecule has 2 aliphatic rings. The van der Waals surface area contributed by atoms with E-state index in [4.69, 9.17) is 14.1 Å². The Morgan fingerprint density at radius 3 is 2.81 bits per heavy atom. The number of carbonyl (C=O) groups excluding carboxylic acids is 1. The summed E-state index contributed by atoms with van der Waals surface area (Å²) in [7, 11) is 0. The Balaban J connectivity index is 1.42. The molecule has 1 saturated heterocycles. The topological polar surface area (TPSA) is 90.1 Å². The molecule has 0 bridgehead atoms. The summed E-state index contributed by atoms with van der Waals surface area (Å²) in [5.41, 5.74) is 4.44. The van der Waals surface area contributed by atoms with Crippen LogP contribution in [0.1, 0.15) is 36.4 Å². The smallest absolute Gasteiger partial charge is 0.229 e. The number of aromatic nitrogens is 3. The van der Waals surface area contributed by atoms with Gasteiger partial charge in [-0.2, -0.15) is 0 Å². The van der Waals surface area contributed by atoms with E-state index in [1.807, 2.05) is 19.1 Å². The van der Waals surface area contributed by atoms with Gasteiger partial charge in [-0.1, -0.05) is 6.07 Å². The lowest BCUT2D eigenvalue weighted by Gasteiger charge is -2.08. The van der Waals surface area contributed by atoms with Gasteiger partial charge in [-0.3, -0.25) is 9.78 Å². The molecule has 6 rings (SSSR count). The van der Waals surface area contributed by atoms with Gasteiger partial charge in [0.05, 0.1) is 12.2 Å². The molecule has 1 unspecified atom stereocenters. The number of hydrogen-bond acceptors (Lipinski definition) is 6. The lowest BCUT2D eigenvalue weighted by atomic mass is 9.98. The van der Waals surface area contributed by atoms with Gasteiger partial charge in [0.25, 0.3) is 0 Å². The highest BCUT2D eigenvalue weighted by Crippen LogP contribution is 2.35. The fourth-order valence-electron chi connectivity index (χ4n) is 4.19. The molecule has 1 atom stereocenters. The molecule has 0 spiro atoms. The Kier molecular flexibility index (Phi) is 4.24. The zero-order valence-electron chi connectivity index (χ0n) is 17.2. The van der Waals surface area contributed by atoms with Gasteiger partial charge < -0.3 is 14.5 Å². The van der Waals surface area contributed by atoms with Crippen LogP contribution in [0.25, 0.3) is 33.3 Å². The molecule has 0 radical (unpaired) electrons. The van der Waals surface area contributed by atoms with Crippen LogP contribution in [-0.2, 0) is 9.53 Å². The van der Waals surface area contributed by atoms with Crippen molar-refractivity contribution in [1.29, 1.82) is 0 Å². The highest BCUT2D eigenvalue weighted by Gasteiger charge is 2.30. The van der Waals surface area contributed by atoms with Crippen molar-refractivity contribution < 1.29 is 13.9 Å². The van der Waals surface area contributed by atoms with Crippen LogP contribution in [0.3, 0.4) is 0 Å². The van der Waals surface area contributed by atoms with Crippen molar-refractivity contribution in [2.75, 3.05) is 18.5 Å². The Hall–Kier alpha value is -3.32. The number of rotatable bonds is 4. The summed E-state index contributed by atoms with van der Waals surface area (Å²) in [6, 6.07) is 8.05. The number of nitrogens with zero attached hydrogens (tertiary/aromatic N) is 3. The number of oxazole rings is 1. The first-order chi connectivity index (χ1) is 15.2. The molecule has 1 saturated carbocycles. The first-order valence-electron chi connectivity index (χ1n) is 10.7. The maximum absolute atomic E-state index is 12.2. The third-order valence-electron chi connectivity index (χ3n) is 6.21. The van der Waals surface area contributed by atoms with Gasteiger partial charge >= 0.3 is 0 Å². The summed E-state index contributed by atoms with van der Waals surface area (Å²) >= 11 is 0. The van der Waals surface area contributed by atoms with E-state index in [1.165, 1.54) is 5.56 Å². The first kappa shape index (κ1) is 18.4. The molecule has 31 heavy (non-hydrogen) atoms. The second kappa shape index (κ2) is 7.13. The summed E-state index contributed by atoms with van der Waals surface area (Å²) in [6.45, 7) is 3.50. The number of benzene rings is 1. The van der Waals surface area contributed by atoms with Crippen molar-refractivity contribution in [3.63, 3.8) is 0 Å². The van der Waals surface area contributed by atoms with Crippen LogP contribution in [0.4, 0.5) is 5.82 Å². The molecular weight excluding hydrogens is 392 g/mol. The number of hydrogen-bond donors (Lipinski definition) is 1. The monoisotopic (exact) mass is 414 g/mol. The van der Waals surface area contributed by atoms with E-state index in [0.29, 0.717) is 17.6 Å². The number of amides is 1. The quantitative estimate of drug-likeness (QED) is 0.525. The minimum atomic E-state index is 0.0319. The van der Waals surface area contributed by atoms with Crippen LogP contribution in [0.2, 0.25) is 0 Å². The van der Waals surface area contributed by atoms with Crippen LogP contribution in [0, 0.1) is 12.8 Å². The van der Waals surface area contributed by atoms with Crippen LogP contribution >= 0.6 is 0 Å². The van der Waals surface area contributed by atoms with Gasteiger partial charge in [-0.05, 0) is 49.9 Å². The summed E-state index contributed by atoms with van der Waals surface area (Å²) in [6.07, 6.45) is 6.47. The van der Waals surface area contributed by atoms with Crippen molar-refractivity contribution in [3.05, 3.63) is 47.9 Å². The fraction of sp³-hybridized carbons (Fsp3) is 0.333. The van der Waals surface area contributed by atoms with Gasteiger partial charge in [0.2, 0.25) is 11.8 Å². The second-order valence-electron chi connectivity index (χ2n) is 8.44. The van der Waals surface area contributed by atoms with E-state index in [1.54, 1.807) is 12.4 Å². The Bertz CT molecular complexity index is 1320. The SMILES string of the molecule is Cc1ncc(-c2nc3cc(C4CCOC4)ccc3o2)c2cc(NC(=O)C3CC3)ncc12. The molecule has 7 nitrogen and oxygen atoms in total. The summed E-state index contributed by atoms with van der Waals surface area (Å²) in [5, 5.41) is 4.74. The molecular formula is C24H22N4O3. The molecule has 1 aliphatic carbocycles. The lowest BCUT2D eigenvalue weighted by molar-refractivity contribution is -0.117. The van der Waals surface area contributed by atoms with Gasteiger partial charge in [-0.25, -0.2) is 9.97 Å². The van der Waals surface area contributed by atoms with Gasteiger partial charge in [0.1, 0.15) is 11.3 Å². The summed E-state index contributed by atoms with van der Waals surface area (Å²) in [4.78, 5) is 25.9. The zero-order chi connectivity index (χ0) is 20.9. The Morgan fingerprint density at radius 1 is 1.10 bits per heavy atom. The van der Waals surface area contributed by atoms with E-state index >= 15 is 0 Å². The van der Waals surface area contributed by atoms with Crippen molar-refractivity contribution >= 4 is 33.6 Å². The third kappa shape index (κ3) is 3.35. The molecule has 2 fully saturated rings. The first-order valence-corrected chi connectivity index (χ1v) is 10.7. The highest BCUT2D eigenvalue weighted by atomic mass is 16.5. The summed E-state index contributed by atoms with van der Waals surface area (Å²) in [5.74, 6) is 1.61. The Morgan fingerprint density at radius 2 is 2.00 bits per heavy atom.